The van der Waals surface area contributed by atoms with E-state index >= 15 is 0 Å². The van der Waals surface area contributed by atoms with E-state index < -0.39 is 0 Å². The summed E-state index contributed by atoms with van der Waals surface area (Å²) in [5, 5.41) is 15.8. The highest BCUT2D eigenvalue weighted by atomic mass is 79.9. The molecule has 1 aromatic heterocycles. The molecule has 0 aliphatic carbocycles. The van der Waals surface area contributed by atoms with Crippen molar-refractivity contribution < 1.29 is 4.79 Å². The monoisotopic (exact) mass is 366 g/mol. The van der Waals surface area contributed by atoms with Gasteiger partial charge in [-0.1, -0.05) is 22.0 Å². The van der Waals surface area contributed by atoms with Crippen LogP contribution in [-0.4, -0.2) is 15.7 Å². The van der Waals surface area contributed by atoms with E-state index in [0.29, 0.717) is 16.9 Å². The van der Waals surface area contributed by atoms with Gasteiger partial charge < -0.3 is 5.32 Å². The Labute approximate surface area is 141 Å². The standard InChI is InChI=1S/C17H11BrN4O/c18-13-2-1-3-15(10-13)22-9-8-16(21-22)17(23)20-14-6-4-12(11-19)5-7-14/h1-10H,(H,20,23). The van der Waals surface area contributed by atoms with Crippen molar-refractivity contribution in [1.29, 1.82) is 5.26 Å². The number of hydrogen-bond donors (Lipinski definition) is 1. The topological polar surface area (TPSA) is 70.7 Å². The molecule has 0 aliphatic rings. The average Bonchev–Trinajstić information content (AvgIpc) is 3.06. The molecule has 0 unspecified atom stereocenters. The van der Waals surface area contributed by atoms with Crippen molar-refractivity contribution in [2.24, 2.45) is 0 Å². The Bertz CT molecular complexity index is 893. The third-order valence-corrected chi connectivity index (χ3v) is 3.66. The molecule has 0 bridgehead atoms. The molecule has 3 aromatic rings. The molecule has 2 aromatic carbocycles. The molecule has 1 N–H and O–H groups in total. The normalized spacial score (nSPS) is 10.1. The summed E-state index contributed by atoms with van der Waals surface area (Å²) in [5.74, 6) is -0.302. The number of rotatable bonds is 3. The lowest BCUT2D eigenvalue weighted by Crippen LogP contribution is -2.13. The van der Waals surface area contributed by atoms with Crippen LogP contribution in [0.3, 0.4) is 0 Å². The smallest absolute Gasteiger partial charge is 0.276 e. The van der Waals surface area contributed by atoms with E-state index in [1.165, 1.54) is 0 Å². The molecule has 1 amide bonds. The minimum atomic E-state index is -0.302. The van der Waals surface area contributed by atoms with Gasteiger partial charge in [-0.15, -0.1) is 0 Å². The highest BCUT2D eigenvalue weighted by molar-refractivity contribution is 9.10. The van der Waals surface area contributed by atoms with Crippen LogP contribution in [-0.2, 0) is 0 Å². The van der Waals surface area contributed by atoms with Gasteiger partial charge in [0, 0.05) is 16.4 Å². The van der Waals surface area contributed by atoms with Gasteiger partial charge in [0.25, 0.3) is 5.91 Å². The van der Waals surface area contributed by atoms with Crippen LogP contribution in [0.5, 0.6) is 0 Å². The largest absolute Gasteiger partial charge is 0.321 e. The number of carbonyl (C=O) groups is 1. The highest BCUT2D eigenvalue weighted by Gasteiger charge is 2.10. The molecule has 1 heterocycles. The predicted octanol–water partition coefficient (Wildman–Crippen LogP) is 3.76. The van der Waals surface area contributed by atoms with E-state index in [-0.39, 0.29) is 5.91 Å². The number of carbonyl (C=O) groups excluding carboxylic acids is 1. The number of nitriles is 1. The maximum atomic E-state index is 12.2. The maximum Gasteiger partial charge on any atom is 0.276 e. The summed E-state index contributed by atoms with van der Waals surface area (Å²) < 4.78 is 2.58. The lowest BCUT2D eigenvalue weighted by atomic mass is 10.2. The summed E-state index contributed by atoms with van der Waals surface area (Å²) in [4.78, 5) is 12.2. The fraction of sp³-hybridized carbons (Fsp3) is 0. The Morgan fingerprint density at radius 2 is 1.96 bits per heavy atom. The molecule has 23 heavy (non-hydrogen) atoms. The Morgan fingerprint density at radius 3 is 2.65 bits per heavy atom. The van der Waals surface area contributed by atoms with Crippen molar-refractivity contribution in [1.82, 2.24) is 9.78 Å². The van der Waals surface area contributed by atoms with Crippen molar-refractivity contribution in [3.05, 3.63) is 76.5 Å². The second kappa shape index (κ2) is 6.46. The number of aromatic nitrogens is 2. The lowest BCUT2D eigenvalue weighted by molar-refractivity contribution is 0.102. The zero-order chi connectivity index (χ0) is 16.2. The first-order chi connectivity index (χ1) is 11.2. The molecular formula is C17H11BrN4O. The molecule has 5 nitrogen and oxygen atoms in total. The third-order valence-electron chi connectivity index (χ3n) is 3.17. The van der Waals surface area contributed by atoms with Gasteiger partial charge in [0.2, 0.25) is 0 Å². The van der Waals surface area contributed by atoms with Crippen molar-refractivity contribution in [3.8, 4) is 11.8 Å². The number of nitrogens with zero attached hydrogens (tertiary/aromatic N) is 3. The van der Waals surface area contributed by atoms with Crippen LogP contribution in [0.2, 0.25) is 0 Å². The van der Waals surface area contributed by atoms with Crippen LogP contribution >= 0.6 is 15.9 Å². The van der Waals surface area contributed by atoms with E-state index in [1.54, 1.807) is 41.2 Å². The summed E-state index contributed by atoms with van der Waals surface area (Å²) in [5.41, 5.74) is 2.33. The minimum Gasteiger partial charge on any atom is -0.321 e. The van der Waals surface area contributed by atoms with Gasteiger partial charge in [0.15, 0.2) is 5.69 Å². The van der Waals surface area contributed by atoms with Gasteiger partial charge in [-0.05, 0) is 48.5 Å². The minimum absolute atomic E-state index is 0.302. The molecule has 0 atom stereocenters. The lowest BCUT2D eigenvalue weighted by Gasteiger charge is -2.03. The Hall–Kier alpha value is -2.91. The molecule has 112 valence electrons. The average molecular weight is 367 g/mol. The SMILES string of the molecule is N#Cc1ccc(NC(=O)c2ccn(-c3cccc(Br)c3)n2)cc1. The molecule has 0 aliphatic heterocycles. The van der Waals surface area contributed by atoms with E-state index in [9.17, 15) is 4.79 Å². The zero-order valence-corrected chi connectivity index (χ0v) is 13.5. The zero-order valence-electron chi connectivity index (χ0n) is 11.9. The number of nitrogens with one attached hydrogen (secondary N) is 1. The number of halogens is 1. The van der Waals surface area contributed by atoms with E-state index in [0.717, 1.165) is 10.2 Å². The maximum absolute atomic E-state index is 12.2. The molecule has 0 spiro atoms. The Kier molecular flexibility index (Phi) is 4.22. The van der Waals surface area contributed by atoms with Crippen molar-refractivity contribution in [2.75, 3.05) is 5.32 Å². The Morgan fingerprint density at radius 1 is 1.17 bits per heavy atom. The second-order valence-corrected chi connectivity index (χ2v) is 5.68. The first-order valence-corrected chi connectivity index (χ1v) is 7.58. The van der Waals surface area contributed by atoms with Crippen LogP contribution in [0.15, 0.2) is 65.3 Å². The highest BCUT2D eigenvalue weighted by Crippen LogP contribution is 2.16. The van der Waals surface area contributed by atoms with E-state index in [1.807, 2.05) is 30.3 Å². The van der Waals surface area contributed by atoms with Crippen LogP contribution < -0.4 is 5.32 Å². The van der Waals surface area contributed by atoms with Gasteiger partial charge in [0.1, 0.15) is 0 Å². The van der Waals surface area contributed by atoms with Crippen LogP contribution in [0.4, 0.5) is 5.69 Å². The second-order valence-electron chi connectivity index (χ2n) is 4.77. The fourth-order valence-corrected chi connectivity index (χ4v) is 2.42. The van der Waals surface area contributed by atoms with Gasteiger partial charge in [0.05, 0.1) is 17.3 Å². The molecule has 0 saturated carbocycles. The molecule has 0 radical (unpaired) electrons. The van der Waals surface area contributed by atoms with Crippen LogP contribution in [0.1, 0.15) is 16.1 Å². The molecule has 0 fully saturated rings. The number of anilines is 1. The number of benzene rings is 2. The molecule has 3 rings (SSSR count). The summed E-state index contributed by atoms with van der Waals surface area (Å²) in [6, 6.07) is 18.0. The summed E-state index contributed by atoms with van der Waals surface area (Å²) in [6.07, 6.45) is 1.73. The molecular weight excluding hydrogens is 356 g/mol. The van der Waals surface area contributed by atoms with Gasteiger partial charge >= 0.3 is 0 Å². The number of hydrogen-bond acceptors (Lipinski definition) is 3. The molecule has 6 heteroatoms. The van der Waals surface area contributed by atoms with Crippen molar-refractivity contribution >= 4 is 27.5 Å². The summed E-state index contributed by atoms with van der Waals surface area (Å²) >= 11 is 3.41. The van der Waals surface area contributed by atoms with Gasteiger partial charge in [-0.25, -0.2) is 4.68 Å². The predicted molar refractivity (Wildman–Crippen MR) is 90.4 cm³/mol. The third kappa shape index (κ3) is 3.47. The summed E-state index contributed by atoms with van der Waals surface area (Å²) in [7, 11) is 0. The fourth-order valence-electron chi connectivity index (χ4n) is 2.03. The van der Waals surface area contributed by atoms with Crippen molar-refractivity contribution in [3.63, 3.8) is 0 Å². The van der Waals surface area contributed by atoms with E-state index in [2.05, 4.69) is 26.3 Å². The molecule has 0 saturated heterocycles. The first-order valence-electron chi connectivity index (χ1n) is 6.79. The van der Waals surface area contributed by atoms with Gasteiger partial charge in [-0.2, -0.15) is 10.4 Å². The van der Waals surface area contributed by atoms with E-state index in [4.69, 9.17) is 5.26 Å². The quantitative estimate of drug-likeness (QED) is 0.766. The van der Waals surface area contributed by atoms with Gasteiger partial charge in [-0.3, -0.25) is 4.79 Å². The van der Waals surface area contributed by atoms with Crippen molar-refractivity contribution in [2.45, 2.75) is 0 Å². The number of amides is 1. The first kappa shape index (κ1) is 15.0. The summed E-state index contributed by atoms with van der Waals surface area (Å²) in [6.45, 7) is 0. The van der Waals surface area contributed by atoms with Crippen LogP contribution in [0.25, 0.3) is 5.69 Å². The van der Waals surface area contributed by atoms with Crippen LogP contribution in [0, 0.1) is 11.3 Å². The Balaban J connectivity index is 1.77.